The van der Waals surface area contributed by atoms with Gasteiger partial charge in [-0.3, -0.25) is 4.98 Å². The smallest absolute Gasteiger partial charge is 0.223 e. The summed E-state index contributed by atoms with van der Waals surface area (Å²) < 4.78 is 40.0. The van der Waals surface area contributed by atoms with Crippen LogP contribution in [-0.2, 0) is 23.1 Å². The lowest BCUT2D eigenvalue weighted by Crippen LogP contribution is -2.34. The van der Waals surface area contributed by atoms with E-state index in [1.54, 1.807) is 38.6 Å². The first kappa shape index (κ1) is 24.5. The molecule has 0 saturated carbocycles. The summed E-state index contributed by atoms with van der Waals surface area (Å²) >= 11 is 0. The van der Waals surface area contributed by atoms with E-state index in [0.29, 0.717) is 18.5 Å². The molecule has 3 rings (SSSR count). The number of nitrogens with zero attached hydrogens (tertiary/aromatic N) is 2. The number of allylic oxidation sites excluding steroid dienone is 1. The van der Waals surface area contributed by atoms with Crippen LogP contribution in [-0.4, -0.2) is 31.9 Å². The van der Waals surface area contributed by atoms with Gasteiger partial charge in [0.2, 0.25) is 10.0 Å². The molecule has 0 amide bonds. The number of pyridine rings is 1. The molecule has 174 valence electrons. The normalized spacial score (nSPS) is 12.3. The number of hydrogen-bond acceptors (Lipinski definition) is 5. The third-order valence-corrected chi connectivity index (χ3v) is 7.58. The van der Waals surface area contributed by atoms with Crippen molar-refractivity contribution in [2.24, 2.45) is 0 Å². The molecule has 7 heteroatoms. The monoisotopic (exact) mass is 466 g/mol. The first-order valence-electron chi connectivity index (χ1n) is 10.7. The van der Waals surface area contributed by atoms with Gasteiger partial charge in [0, 0.05) is 19.3 Å². The van der Waals surface area contributed by atoms with Crippen molar-refractivity contribution >= 4 is 10.0 Å². The van der Waals surface area contributed by atoms with Gasteiger partial charge < -0.3 is 9.47 Å². The molecule has 1 aromatic heterocycles. The van der Waals surface area contributed by atoms with Crippen molar-refractivity contribution in [1.82, 2.24) is 9.29 Å². The number of benzene rings is 2. The molecule has 3 aromatic rings. The summed E-state index contributed by atoms with van der Waals surface area (Å²) in [6.07, 6.45) is 4.34. The summed E-state index contributed by atoms with van der Waals surface area (Å²) in [4.78, 5) is 4.37. The van der Waals surface area contributed by atoms with Crippen LogP contribution in [0.5, 0.6) is 11.5 Å². The lowest BCUT2D eigenvalue weighted by Gasteiger charge is -2.28. The van der Waals surface area contributed by atoms with Crippen LogP contribution in [0.15, 0.2) is 85.6 Å². The van der Waals surface area contributed by atoms with E-state index in [4.69, 9.17) is 9.47 Å². The summed E-state index contributed by atoms with van der Waals surface area (Å²) in [6, 6.07) is 20.2. The maximum absolute atomic E-state index is 14.0. The average Bonchev–Trinajstić information content (AvgIpc) is 2.85. The van der Waals surface area contributed by atoms with E-state index in [0.717, 1.165) is 22.6 Å². The van der Waals surface area contributed by atoms with Gasteiger partial charge in [-0.05, 0) is 60.4 Å². The number of sulfonamides is 1. The Bertz CT molecular complexity index is 1070. The zero-order valence-corrected chi connectivity index (χ0v) is 19.9. The molecular formula is C26H30N2O4S. The summed E-state index contributed by atoms with van der Waals surface area (Å²) in [5.74, 6) is 1.45. The maximum Gasteiger partial charge on any atom is 0.223 e. The fourth-order valence-corrected chi connectivity index (χ4v) is 5.47. The van der Waals surface area contributed by atoms with Gasteiger partial charge in [0.1, 0.15) is 16.7 Å². The second kappa shape index (κ2) is 11.6. The lowest BCUT2D eigenvalue weighted by molar-refractivity contribution is 0.389. The van der Waals surface area contributed by atoms with Gasteiger partial charge in [-0.1, -0.05) is 36.4 Å². The van der Waals surface area contributed by atoms with Crippen LogP contribution in [0.2, 0.25) is 0 Å². The number of rotatable bonds is 12. The van der Waals surface area contributed by atoms with Gasteiger partial charge in [0.05, 0.1) is 19.9 Å². The highest BCUT2D eigenvalue weighted by Gasteiger charge is 2.34. The molecule has 2 aromatic carbocycles. The van der Waals surface area contributed by atoms with Crippen LogP contribution in [0.4, 0.5) is 0 Å². The van der Waals surface area contributed by atoms with Crippen LogP contribution in [0.1, 0.15) is 34.9 Å². The van der Waals surface area contributed by atoms with E-state index in [1.807, 2.05) is 54.6 Å². The SMILES string of the molecule is C=CCC[C@@H](c1ccccn1)S(=O)(=O)N(Cc1ccc(OC)cc1)Cc1ccc(OC)cc1. The van der Waals surface area contributed by atoms with Crippen molar-refractivity contribution in [3.05, 3.63) is 102 Å². The molecular weight excluding hydrogens is 436 g/mol. The summed E-state index contributed by atoms with van der Waals surface area (Å²) in [7, 11) is -0.548. The minimum atomic E-state index is -3.76. The zero-order valence-electron chi connectivity index (χ0n) is 19.1. The summed E-state index contributed by atoms with van der Waals surface area (Å²) in [5, 5.41) is -0.770. The first-order valence-corrected chi connectivity index (χ1v) is 12.2. The van der Waals surface area contributed by atoms with Crippen LogP contribution in [0.3, 0.4) is 0 Å². The topological polar surface area (TPSA) is 68.7 Å². The average molecular weight is 467 g/mol. The van der Waals surface area contributed by atoms with Crippen molar-refractivity contribution in [1.29, 1.82) is 0 Å². The van der Waals surface area contributed by atoms with E-state index in [2.05, 4.69) is 11.6 Å². The molecule has 0 N–H and O–H groups in total. The standard InChI is InChI=1S/C26H30N2O4S/c1-4-5-9-26(25-8-6-7-18-27-25)33(29,30)28(19-21-10-14-23(31-2)15-11-21)20-22-12-16-24(32-3)17-13-22/h4,6-8,10-18,26H,1,5,9,19-20H2,2-3H3/t26-/m0/s1. The van der Waals surface area contributed by atoms with Crippen molar-refractivity contribution < 1.29 is 17.9 Å². The molecule has 1 atom stereocenters. The number of ether oxygens (including phenoxy) is 2. The lowest BCUT2D eigenvalue weighted by atomic mass is 10.1. The van der Waals surface area contributed by atoms with E-state index in [-0.39, 0.29) is 13.1 Å². The Morgan fingerprint density at radius 1 is 0.909 bits per heavy atom. The molecule has 6 nitrogen and oxygen atoms in total. The third kappa shape index (κ3) is 6.43. The van der Waals surface area contributed by atoms with Gasteiger partial charge in [-0.15, -0.1) is 6.58 Å². The minimum absolute atomic E-state index is 0.232. The van der Waals surface area contributed by atoms with Crippen molar-refractivity contribution in [3.63, 3.8) is 0 Å². The molecule has 0 unspecified atom stereocenters. The van der Waals surface area contributed by atoms with Gasteiger partial charge in [0.25, 0.3) is 0 Å². The molecule has 0 radical (unpaired) electrons. The van der Waals surface area contributed by atoms with Crippen molar-refractivity contribution in [2.45, 2.75) is 31.2 Å². The second-order valence-electron chi connectivity index (χ2n) is 7.62. The Morgan fingerprint density at radius 3 is 1.88 bits per heavy atom. The molecule has 0 aliphatic rings. The van der Waals surface area contributed by atoms with Gasteiger partial charge in [-0.25, -0.2) is 8.42 Å². The molecule has 33 heavy (non-hydrogen) atoms. The Kier molecular flexibility index (Phi) is 8.63. The molecule has 0 aliphatic carbocycles. The number of aromatic nitrogens is 1. The van der Waals surface area contributed by atoms with Crippen LogP contribution >= 0.6 is 0 Å². The predicted octanol–water partition coefficient (Wildman–Crippen LogP) is 5.14. The highest BCUT2D eigenvalue weighted by atomic mass is 32.2. The van der Waals surface area contributed by atoms with E-state index < -0.39 is 15.3 Å². The number of methoxy groups -OCH3 is 2. The molecule has 0 spiro atoms. The van der Waals surface area contributed by atoms with Gasteiger partial charge >= 0.3 is 0 Å². The molecule has 0 saturated heterocycles. The van der Waals surface area contributed by atoms with Gasteiger partial charge in [-0.2, -0.15) is 4.31 Å². The zero-order chi connectivity index (χ0) is 23.7. The quantitative estimate of drug-likeness (QED) is 0.346. The number of hydrogen-bond donors (Lipinski definition) is 0. The predicted molar refractivity (Wildman–Crippen MR) is 131 cm³/mol. The van der Waals surface area contributed by atoms with Crippen molar-refractivity contribution in [3.8, 4) is 11.5 Å². The minimum Gasteiger partial charge on any atom is -0.497 e. The molecule has 0 bridgehead atoms. The fourth-order valence-electron chi connectivity index (χ4n) is 3.57. The van der Waals surface area contributed by atoms with E-state index in [9.17, 15) is 8.42 Å². The Labute approximate surface area is 196 Å². The Morgan fingerprint density at radius 2 is 1.45 bits per heavy atom. The molecule has 0 fully saturated rings. The molecule has 0 aliphatic heterocycles. The van der Waals surface area contributed by atoms with E-state index >= 15 is 0 Å². The Balaban J connectivity index is 1.98. The highest BCUT2D eigenvalue weighted by molar-refractivity contribution is 7.89. The fraction of sp³-hybridized carbons (Fsp3) is 0.269. The van der Waals surface area contributed by atoms with Crippen LogP contribution < -0.4 is 9.47 Å². The second-order valence-corrected chi connectivity index (χ2v) is 9.73. The summed E-state index contributed by atoms with van der Waals surface area (Å²) in [5.41, 5.74) is 2.28. The molecule has 1 heterocycles. The summed E-state index contributed by atoms with van der Waals surface area (Å²) in [6.45, 7) is 4.23. The first-order chi connectivity index (χ1) is 16.0. The van der Waals surface area contributed by atoms with Crippen molar-refractivity contribution in [2.75, 3.05) is 14.2 Å². The highest BCUT2D eigenvalue weighted by Crippen LogP contribution is 2.31. The van der Waals surface area contributed by atoms with Gasteiger partial charge in [0.15, 0.2) is 0 Å². The van der Waals surface area contributed by atoms with Crippen LogP contribution in [0, 0.1) is 0 Å². The van der Waals surface area contributed by atoms with Crippen LogP contribution in [0.25, 0.3) is 0 Å². The third-order valence-electron chi connectivity index (χ3n) is 5.41. The largest absolute Gasteiger partial charge is 0.497 e. The maximum atomic E-state index is 14.0. The Hall–Kier alpha value is -3.16. The van der Waals surface area contributed by atoms with E-state index in [1.165, 1.54) is 4.31 Å².